The van der Waals surface area contributed by atoms with E-state index in [-0.39, 0.29) is 5.91 Å². The van der Waals surface area contributed by atoms with Crippen LogP contribution in [0, 0.1) is 0 Å². The Morgan fingerprint density at radius 1 is 1.83 bits per heavy atom. The van der Waals surface area contributed by atoms with Crippen LogP contribution in [0.3, 0.4) is 0 Å². The zero-order valence-electron chi connectivity index (χ0n) is 6.83. The summed E-state index contributed by atoms with van der Waals surface area (Å²) in [7, 11) is 0. The molecular weight excluding hydrogens is 174 g/mol. The summed E-state index contributed by atoms with van der Waals surface area (Å²) in [6, 6.07) is 0. The van der Waals surface area contributed by atoms with Crippen LogP contribution in [-0.2, 0) is 4.79 Å². The van der Waals surface area contributed by atoms with E-state index < -0.39 is 0 Å². The van der Waals surface area contributed by atoms with Gasteiger partial charge in [0.2, 0.25) is 5.91 Å². The van der Waals surface area contributed by atoms with E-state index >= 15 is 0 Å². The quantitative estimate of drug-likeness (QED) is 0.738. The number of anilines is 1. The summed E-state index contributed by atoms with van der Waals surface area (Å²) < 4.78 is 0. The van der Waals surface area contributed by atoms with Crippen molar-refractivity contribution in [3.05, 3.63) is 12.4 Å². The molecule has 0 aliphatic rings. The maximum Gasteiger partial charge on any atom is 0.225 e. The van der Waals surface area contributed by atoms with Gasteiger partial charge >= 0.3 is 0 Å². The Morgan fingerprint density at radius 2 is 2.67 bits per heavy atom. The molecule has 2 N–H and O–H groups in total. The molecule has 12 heavy (non-hydrogen) atoms. The summed E-state index contributed by atoms with van der Waals surface area (Å²) in [5.41, 5.74) is 0.723. The number of aromatic amines is 1. The zero-order chi connectivity index (χ0) is 8.81. The summed E-state index contributed by atoms with van der Waals surface area (Å²) in [6.07, 6.45) is 5.76. The summed E-state index contributed by atoms with van der Waals surface area (Å²) in [6.45, 7) is 0. The Bertz CT molecular complexity index is 235. The molecule has 1 aromatic heterocycles. The number of carbonyl (C=O) groups excluding carboxylic acids is 1. The van der Waals surface area contributed by atoms with Crippen molar-refractivity contribution >= 4 is 23.4 Å². The lowest BCUT2D eigenvalue weighted by Gasteiger charge is -1.99. The third-order valence-corrected chi connectivity index (χ3v) is 1.93. The van der Waals surface area contributed by atoms with E-state index in [1.165, 1.54) is 0 Å². The maximum absolute atomic E-state index is 11.1. The lowest BCUT2D eigenvalue weighted by Crippen LogP contribution is -2.11. The van der Waals surface area contributed by atoms with Crippen molar-refractivity contribution in [3.8, 4) is 0 Å². The number of nitrogens with one attached hydrogen (secondary N) is 2. The molecular formula is C7H11N3OS. The second-order valence-electron chi connectivity index (χ2n) is 2.28. The molecule has 1 amide bonds. The lowest BCUT2D eigenvalue weighted by molar-refractivity contribution is -0.115. The van der Waals surface area contributed by atoms with Crippen molar-refractivity contribution < 1.29 is 4.79 Å². The zero-order valence-corrected chi connectivity index (χ0v) is 7.65. The van der Waals surface area contributed by atoms with Crippen molar-refractivity contribution in [1.82, 2.24) is 10.2 Å². The maximum atomic E-state index is 11.1. The summed E-state index contributed by atoms with van der Waals surface area (Å²) >= 11 is 1.66. The molecule has 0 saturated carbocycles. The SMILES string of the molecule is CSCCC(=O)Nc1cn[nH]c1. The molecule has 0 bridgehead atoms. The average Bonchev–Trinajstić information content (AvgIpc) is 2.53. The highest BCUT2D eigenvalue weighted by Gasteiger charge is 2.00. The van der Waals surface area contributed by atoms with Gasteiger partial charge in [0.15, 0.2) is 0 Å². The van der Waals surface area contributed by atoms with Crippen molar-refractivity contribution in [1.29, 1.82) is 0 Å². The number of amides is 1. The van der Waals surface area contributed by atoms with E-state index in [2.05, 4.69) is 15.5 Å². The van der Waals surface area contributed by atoms with Gasteiger partial charge in [-0.05, 0) is 6.26 Å². The minimum atomic E-state index is 0.0331. The van der Waals surface area contributed by atoms with Gasteiger partial charge in [-0.3, -0.25) is 9.89 Å². The number of nitrogens with zero attached hydrogens (tertiary/aromatic N) is 1. The number of rotatable bonds is 4. The second-order valence-corrected chi connectivity index (χ2v) is 3.26. The van der Waals surface area contributed by atoms with Crippen molar-refractivity contribution in [3.63, 3.8) is 0 Å². The Kier molecular flexibility index (Phi) is 3.66. The van der Waals surface area contributed by atoms with Crippen LogP contribution in [0.25, 0.3) is 0 Å². The van der Waals surface area contributed by atoms with Crippen LogP contribution in [0.4, 0.5) is 5.69 Å². The first kappa shape index (κ1) is 9.12. The van der Waals surface area contributed by atoms with Crippen molar-refractivity contribution in [2.45, 2.75) is 6.42 Å². The molecule has 4 nitrogen and oxygen atoms in total. The van der Waals surface area contributed by atoms with Crippen LogP contribution in [0.15, 0.2) is 12.4 Å². The molecule has 1 aromatic rings. The number of H-pyrrole nitrogens is 1. The minimum Gasteiger partial charge on any atom is -0.323 e. The van der Waals surface area contributed by atoms with Crippen LogP contribution in [0.2, 0.25) is 0 Å². The fourth-order valence-corrected chi connectivity index (χ4v) is 1.13. The predicted octanol–water partition coefficient (Wildman–Crippen LogP) is 1.10. The molecule has 1 rings (SSSR count). The molecule has 0 radical (unpaired) electrons. The van der Waals surface area contributed by atoms with E-state index in [0.29, 0.717) is 6.42 Å². The average molecular weight is 185 g/mol. The first-order valence-electron chi connectivity index (χ1n) is 3.60. The lowest BCUT2D eigenvalue weighted by atomic mass is 10.4. The van der Waals surface area contributed by atoms with E-state index in [0.717, 1.165) is 11.4 Å². The third kappa shape index (κ3) is 2.96. The molecule has 5 heteroatoms. The predicted molar refractivity (Wildman–Crippen MR) is 50.2 cm³/mol. The van der Waals surface area contributed by atoms with Gasteiger partial charge in [0.1, 0.15) is 0 Å². The third-order valence-electron chi connectivity index (χ3n) is 1.32. The van der Waals surface area contributed by atoms with Gasteiger partial charge in [-0.15, -0.1) is 0 Å². The fourth-order valence-electron chi connectivity index (χ4n) is 0.737. The fraction of sp³-hybridized carbons (Fsp3) is 0.429. The normalized spacial score (nSPS) is 9.75. The van der Waals surface area contributed by atoms with Crippen LogP contribution < -0.4 is 5.32 Å². The highest BCUT2D eigenvalue weighted by molar-refractivity contribution is 7.98. The molecule has 0 aliphatic heterocycles. The van der Waals surface area contributed by atoms with E-state index in [9.17, 15) is 4.79 Å². The van der Waals surface area contributed by atoms with Crippen LogP contribution >= 0.6 is 11.8 Å². The van der Waals surface area contributed by atoms with Crippen LogP contribution in [0.1, 0.15) is 6.42 Å². The molecule has 0 unspecified atom stereocenters. The summed E-state index contributed by atoms with van der Waals surface area (Å²) in [5, 5.41) is 9.04. The monoisotopic (exact) mass is 185 g/mol. The molecule has 0 aromatic carbocycles. The number of hydrogen-bond donors (Lipinski definition) is 2. The first-order chi connectivity index (χ1) is 5.83. The smallest absolute Gasteiger partial charge is 0.225 e. The Balaban J connectivity index is 2.27. The molecule has 0 spiro atoms. The van der Waals surface area contributed by atoms with Gasteiger partial charge in [-0.1, -0.05) is 0 Å². The standard InChI is InChI=1S/C7H11N3OS/c1-12-3-2-7(11)10-6-4-8-9-5-6/h4-5H,2-3H2,1H3,(H,8,9)(H,10,11). The van der Waals surface area contributed by atoms with E-state index in [4.69, 9.17) is 0 Å². The number of aromatic nitrogens is 2. The van der Waals surface area contributed by atoms with Crippen LogP contribution in [0.5, 0.6) is 0 Å². The Morgan fingerprint density at radius 3 is 3.25 bits per heavy atom. The number of hydrogen-bond acceptors (Lipinski definition) is 3. The minimum absolute atomic E-state index is 0.0331. The molecule has 0 fully saturated rings. The number of thioether (sulfide) groups is 1. The van der Waals surface area contributed by atoms with Crippen molar-refractivity contribution in [2.75, 3.05) is 17.3 Å². The van der Waals surface area contributed by atoms with Crippen molar-refractivity contribution in [2.24, 2.45) is 0 Å². The molecule has 1 heterocycles. The first-order valence-corrected chi connectivity index (χ1v) is 5.00. The summed E-state index contributed by atoms with van der Waals surface area (Å²) in [4.78, 5) is 11.1. The molecule has 66 valence electrons. The van der Waals surface area contributed by atoms with Gasteiger partial charge in [0.25, 0.3) is 0 Å². The van der Waals surface area contributed by atoms with E-state index in [1.54, 1.807) is 24.2 Å². The van der Waals surface area contributed by atoms with Crippen LogP contribution in [-0.4, -0.2) is 28.1 Å². The topological polar surface area (TPSA) is 57.8 Å². The highest BCUT2D eigenvalue weighted by atomic mass is 32.2. The molecule has 0 atom stereocenters. The largest absolute Gasteiger partial charge is 0.323 e. The second kappa shape index (κ2) is 4.82. The van der Waals surface area contributed by atoms with Gasteiger partial charge < -0.3 is 5.32 Å². The molecule has 0 aliphatic carbocycles. The highest BCUT2D eigenvalue weighted by Crippen LogP contribution is 2.03. The summed E-state index contributed by atoms with van der Waals surface area (Å²) in [5.74, 6) is 0.884. The van der Waals surface area contributed by atoms with Gasteiger partial charge in [-0.2, -0.15) is 16.9 Å². The van der Waals surface area contributed by atoms with Gasteiger partial charge in [-0.25, -0.2) is 0 Å². The van der Waals surface area contributed by atoms with Gasteiger partial charge in [0, 0.05) is 18.4 Å². The Hall–Kier alpha value is -0.970. The van der Waals surface area contributed by atoms with Gasteiger partial charge in [0.05, 0.1) is 11.9 Å². The Labute approximate surface area is 75.1 Å². The number of carbonyl (C=O) groups is 1. The van der Waals surface area contributed by atoms with E-state index in [1.807, 2.05) is 6.26 Å². The molecule has 0 saturated heterocycles.